The fourth-order valence-corrected chi connectivity index (χ4v) is 2.93. The molecule has 6 nitrogen and oxygen atoms in total. The van der Waals surface area contributed by atoms with E-state index in [9.17, 15) is 5.11 Å². The first kappa shape index (κ1) is 16.8. The second-order valence-electron chi connectivity index (χ2n) is 6.41. The van der Waals surface area contributed by atoms with Crippen LogP contribution in [0.3, 0.4) is 0 Å². The zero-order valence-electron chi connectivity index (χ0n) is 14.0. The fourth-order valence-electron chi connectivity index (χ4n) is 2.93. The first-order chi connectivity index (χ1) is 10.5. The molecule has 2 atom stereocenters. The van der Waals surface area contributed by atoms with Crippen LogP contribution in [0.2, 0.25) is 0 Å². The van der Waals surface area contributed by atoms with Crippen LogP contribution in [0.1, 0.15) is 45.2 Å². The number of nitrogens with one attached hydrogen (secondary N) is 2. The molecule has 6 heteroatoms. The summed E-state index contributed by atoms with van der Waals surface area (Å²) < 4.78 is 1.83. The highest BCUT2D eigenvalue weighted by Gasteiger charge is 2.35. The minimum Gasteiger partial charge on any atom is -0.392 e. The summed E-state index contributed by atoms with van der Waals surface area (Å²) >= 11 is 0. The molecule has 1 aromatic heterocycles. The lowest BCUT2D eigenvalue weighted by molar-refractivity contribution is 0.00397. The SMILES string of the molecule is CCNC(=NCc1ccnn1C)NCC1(C)CCCCC1O. The van der Waals surface area contributed by atoms with Crippen molar-refractivity contribution in [1.29, 1.82) is 0 Å². The Labute approximate surface area is 133 Å². The van der Waals surface area contributed by atoms with Crippen molar-refractivity contribution in [2.24, 2.45) is 17.5 Å². The summed E-state index contributed by atoms with van der Waals surface area (Å²) in [6.45, 7) is 6.36. The third kappa shape index (κ3) is 4.22. The van der Waals surface area contributed by atoms with E-state index in [0.717, 1.165) is 44.0 Å². The van der Waals surface area contributed by atoms with Gasteiger partial charge in [0.1, 0.15) is 0 Å². The van der Waals surface area contributed by atoms with E-state index in [-0.39, 0.29) is 11.5 Å². The van der Waals surface area contributed by atoms with E-state index in [1.807, 2.05) is 17.8 Å². The van der Waals surface area contributed by atoms with Crippen LogP contribution in [0.25, 0.3) is 0 Å². The van der Waals surface area contributed by atoms with Crippen molar-refractivity contribution in [1.82, 2.24) is 20.4 Å². The van der Waals surface area contributed by atoms with Crippen LogP contribution in [0.5, 0.6) is 0 Å². The van der Waals surface area contributed by atoms with Gasteiger partial charge in [-0.1, -0.05) is 19.8 Å². The topological polar surface area (TPSA) is 74.5 Å². The molecule has 1 heterocycles. The number of aromatic nitrogens is 2. The predicted molar refractivity (Wildman–Crippen MR) is 88.6 cm³/mol. The number of rotatable bonds is 5. The summed E-state index contributed by atoms with van der Waals surface area (Å²) in [4.78, 5) is 4.61. The van der Waals surface area contributed by atoms with Crippen LogP contribution in [0, 0.1) is 5.41 Å². The summed E-state index contributed by atoms with van der Waals surface area (Å²) in [7, 11) is 1.92. The molecule has 124 valence electrons. The Kier molecular flexibility index (Phi) is 5.83. The van der Waals surface area contributed by atoms with Gasteiger partial charge in [-0.2, -0.15) is 5.10 Å². The molecule has 1 aliphatic rings. The van der Waals surface area contributed by atoms with Gasteiger partial charge in [-0.15, -0.1) is 0 Å². The smallest absolute Gasteiger partial charge is 0.191 e. The monoisotopic (exact) mass is 307 g/mol. The zero-order valence-corrected chi connectivity index (χ0v) is 14.0. The Bertz CT molecular complexity index is 498. The molecule has 0 bridgehead atoms. The van der Waals surface area contributed by atoms with Crippen LogP contribution >= 0.6 is 0 Å². The summed E-state index contributed by atoms with van der Waals surface area (Å²) in [6, 6.07) is 1.97. The highest BCUT2D eigenvalue weighted by molar-refractivity contribution is 5.79. The second kappa shape index (κ2) is 7.63. The predicted octanol–water partition coefficient (Wildman–Crippen LogP) is 1.42. The third-order valence-electron chi connectivity index (χ3n) is 4.61. The quantitative estimate of drug-likeness (QED) is 0.568. The molecule has 0 radical (unpaired) electrons. The third-order valence-corrected chi connectivity index (χ3v) is 4.61. The minimum atomic E-state index is -0.228. The van der Waals surface area contributed by atoms with E-state index in [2.05, 4.69) is 34.6 Å². The lowest BCUT2D eigenvalue weighted by Gasteiger charge is -2.38. The van der Waals surface area contributed by atoms with Gasteiger partial charge >= 0.3 is 0 Å². The number of aliphatic imine (C=N–C) groups is 1. The maximum Gasteiger partial charge on any atom is 0.191 e. The Hall–Kier alpha value is -1.56. The molecule has 0 aliphatic heterocycles. The molecule has 1 saturated carbocycles. The number of nitrogens with zero attached hydrogens (tertiary/aromatic N) is 3. The van der Waals surface area contributed by atoms with E-state index in [4.69, 9.17) is 0 Å². The number of hydrogen-bond acceptors (Lipinski definition) is 3. The number of guanidine groups is 1. The van der Waals surface area contributed by atoms with Crippen molar-refractivity contribution in [3.8, 4) is 0 Å². The van der Waals surface area contributed by atoms with Gasteiger partial charge in [0.2, 0.25) is 0 Å². The van der Waals surface area contributed by atoms with Crippen molar-refractivity contribution in [2.75, 3.05) is 13.1 Å². The number of hydrogen-bond donors (Lipinski definition) is 3. The Balaban J connectivity index is 1.95. The molecule has 0 amide bonds. The van der Waals surface area contributed by atoms with Crippen molar-refractivity contribution in [2.45, 2.75) is 52.2 Å². The van der Waals surface area contributed by atoms with E-state index in [0.29, 0.717) is 6.54 Å². The minimum absolute atomic E-state index is 0.0685. The molecule has 2 rings (SSSR count). The normalized spacial score (nSPS) is 26.0. The van der Waals surface area contributed by atoms with Crippen molar-refractivity contribution in [3.05, 3.63) is 18.0 Å². The number of aliphatic hydroxyl groups is 1. The van der Waals surface area contributed by atoms with E-state index >= 15 is 0 Å². The average Bonchev–Trinajstić information content (AvgIpc) is 2.91. The molecule has 22 heavy (non-hydrogen) atoms. The van der Waals surface area contributed by atoms with Gasteiger partial charge in [0.05, 0.1) is 18.3 Å². The maximum absolute atomic E-state index is 10.3. The van der Waals surface area contributed by atoms with Crippen LogP contribution < -0.4 is 10.6 Å². The van der Waals surface area contributed by atoms with Gasteiger partial charge in [0.25, 0.3) is 0 Å². The molecular weight excluding hydrogens is 278 g/mol. The first-order valence-electron chi connectivity index (χ1n) is 8.22. The average molecular weight is 307 g/mol. The van der Waals surface area contributed by atoms with Gasteiger partial charge in [-0.25, -0.2) is 4.99 Å². The first-order valence-corrected chi connectivity index (χ1v) is 8.22. The summed E-state index contributed by atoms with van der Waals surface area (Å²) in [5, 5.41) is 21.1. The number of aryl methyl sites for hydroxylation is 1. The Morgan fingerprint density at radius 3 is 2.95 bits per heavy atom. The van der Waals surface area contributed by atoms with Crippen molar-refractivity contribution >= 4 is 5.96 Å². The Morgan fingerprint density at radius 1 is 1.50 bits per heavy atom. The maximum atomic E-state index is 10.3. The van der Waals surface area contributed by atoms with E-state index in [1.165, 1.54) is 6.42 Å². The fraction of sp³-hybridized carbons (Fsp3) is 0.750. The molecular formula is C16H29N5O. The standard InChI is InChI=1S/C16H29N5O/c1-4-17-15(18-11-13-8-10-20-21(13)3)19-12-16(2)9-6-5-7-14(16)22/h8,10,14,22H,4-7,9,11-12H2,1-3H3,(H2,17,18,19). The van der Waals surface area contributed by atoms with Gasteiger partial charge in [-0.05, 0) is 25.8 Å². The molecule has 3 N–H and O–H groups in total. The second-order valence-corrected chi connectivity index (χ2v) is 6.41. The van der Waals surface area contributed by atoms with Crippen LogP contribution in [0.4, 0.5) is 0 Å². The number of aliphatic hydroxyl groups excluding tert-OH is 1. The summed E-state index contributed by atoms with van der Waals surface area (Å²) in [5.74, 6) is 0.794. The lowest BCUT2D eigenvalue weighted by atomic mass is 9.73. The van der Waals surface area contributed by atoms with Crippen LogP contribution in [0.15, 0.2) is 17.3 Å². The van der Waals surface area contributed by atoms with Crippen molar-refractivity contribution < 1.29 is 5.11 Å². The summed E-state index contributed by atoms with van der Waals surface area (Å²) in [5.41, 5.74) is 1.00. The Morgan fingerprint density at radius 2 is 2.32 bits per heavy atom. The van der Waals surface area contributed by atoms with E-state index in [1.54, 1.807) is 6.20 Å². The largest absolute Gasteiger partial charge is 0.392 e. The zero-order chi connectivity index (χ0) is 16.0. The molecule has 1 fully saturated rings. The highest BCUT2D eigenvalue weighted by Crippen LogP contribution is 2.35. The molecule has 0 spiro atoms. The lowest BCUT2D eigenvalue weighted by Crippen LogP contribution is -2.48. The van der Waals surface area contributed by atoms with Gasteiger partial charge in [-0.3, -0.25) is 4.68 Å². The molecule has 0 aromatic carbocycles. The van der Waals surface area contributed by atoms with Gasteiger partial charge in [0.15, 0.2) is 5.96 Å². The van der Waals surface area contributed by atoms with Crippen molar-refractivity contribution in [3.63, 3.8) is 0 Å². The molecule has 2 unspecified atom stereocenters. The van der Waals surface area contributed by atoms with Crippen LogP contribution in [-0.2, 0) is 13.6 Å². The van der Waals surface area contributed by atoms with Gasteiger partial charge in [0, 0.05) is 31.7 Å². The summed E-state index contributed by atoms with van der Waals surface area (Å²) in [6.07, 6.45) is 5.84. The molecule has 1 aromatic rings. The van der Waals surface area contributed by atoms with E-state index < -0.39 is 0 Å². The molecule has 0 saturated heterocycles. The van der Waals surface area contributed by atoms with Gasteiger partial charge < -0.3 is 15.7 Å². The van der Waals surface area contributed by atoms with Crippen LogP contribution in [-0.4, -0.2) is 40.0 Å². The highest BCUT2D eigenvalue weighted by atomic mass is 16.3. The molecule has 1 aliphatic carbocycles.